The van der Waals surface area contributed by atoms with Crippen LogP contribution in [0.1, 0.15) is 35.4 Å². The van der Waals surface area contributed by atoms with Crippen molar-refractivity contribution in [2.75, 3.05) is 26.2 Å². The van der Waals surface area contributed by atoms with Gasteiger partial charge in [0.05, 0.1) is 4.88 Å². The molecule has 0 atom stereocenters. The van der Waals surface area contributed by atoms with E-state index in [0.29, 0.717) is 0 Å². The summed E-state index contributed by atoms with van der Waals surface area (Å²) in [6, 6.07) is 2.66. The molecule has 1 aliphatic carbocycles. The van der Waals surface area contributed by atoms with Crippen LogP contribution in [0.15, 0.2) is 16.3 Å². The van der Waals surface area contributed by atoms with E-state index in [-0.39, 0.29) is 5.91 Å². The number of carbonyl (C=O) groups is 1. The zero-order chi connectivity index (χ0) is 13.2. The first-order chi connectivity index (χ1) is 9.24. The van der Waals surface area contributed by atoms with Crippen LogP contribution in [0.3, 0.4) is 0 Å². The summed E-state index contributed by atoms with van der Waals surface area (Å²) >= 11 is 5.76. The fourth-order valence-corrected chi connectivity index (χ4v) is 4.27. The number of thiol groups is 1. The number of rotatable bonds is 2. The van der Waals surface area contributed by atoms with Crippen molar-refractivity contribution in [3.05, 3.63) is 16.3 Å². The number of piperazine rings is 1. The highest BCUT2D eigenvalue weighted by atomic mass is 32.1. The zero-order valence-corrected chi connectivity index (χ0v) is 12.8. The minimum atomic E-state index is 0.177. The maximum Gasteiger partial charge on any atom is 0.264 e. The van der Waals surface area contributed by atoms with Crippen molar-refractivity contribution in [3.8, 4) is 0 Å². The molecular formula is C14H20N2OS2. The standard InChI is InChI=1S/C14H20N2OS2/c17-14(13-9-12(18)10-19-13)16-7-5-15(6-8-16)11-3-1-2-4-11/h9-11,18H,1-8H2. The lowest BCUT2D eigenvalue weighted by Crippen LogP contribution is -2.51. The summed E-state index contributed by atoms with van der Waals surface area (Å²) in [5, 5.41) is 1.92. The van der Waals surface area contributed by atoms with E-state index in [9.17, 15) is 4.79 Å². The van der Waals surface area contributed by atoms with Gasteiger partial charge in [0.15, 0.2) is 0 Å². The molecule has 1 aliphatic heterocycles. The molecular weight excluding hydrogens is 276 g/mol. The summed E-state index contributed by atoms with van der Waals surface area (Å²) in [5.41, 5.74) is 0. The lowest BCUT2D eigenvalue weighted by molar-refractivity contribution is 0.0577. The van der Waals surface area contributed by atoms with Crippen molar-refractivity contribution in [2.45, 2.75) is 36.6 Å². The van der Waals surface area contributed by atoms with Crippen LogP contribution in [0.4, 0.5) is 0 Å². The fraction of sp³-hybridized carbons (Fsp3) is 0.643. The van der Waals surface area contributed by atoms with Crippen molar-refractivity contribution in [1.82, 2.24) is 9.80 Å². The Balaban J connectivity index is 1.56. The number of thiophene rings is 1. The Bertz CT molecular complexity index is 446. The van der Waals surface area contributed by atoms with E-state index < -0.39 is 0 Å². The minimum Gasteiger partial charge on any atom is -0.335 e. The van der Waals surface area contributed by atoms with Gasteiger partial charge in [-0.05, 0) is 18.9 Å². The summed E-state index contributed by atoms with van der Waals surface area (Å²) in [7, 11) is 0. The van der Waals surface area contributed by atoms with Gasteiger partial charge in [-0.1, -0.05) is 12.8 Å². The second-order valence-electron chi connectivity index (χ2n) is 5.44. The Labute approximate surface area is 124 Å². The van der Waals surface area contributed by atoms with Crippen LogP contribution >= 0.6 is 24.0 Å². The summed E-state index contributed by atoms with van der Waals surface area (Å²) in [6.07, 6.45) is 5.46. The molecule has 2 heterocycles. The third-order valence-electron chi connectivity index (χ3n) is 4.24. The summed E-state index contributed by atoms with van der Waals surface area (Å²) < 4.78 is 0. The molecule has 0 radical (unpaired) electrons. The van der Waals surface area contributed by atoms with Crippen molar-refractivity contribution in [3.63, 3.8) is 0 Å². The van der Waals surface area contributed by atoms with Crippen molar-refractivity contribution < 1.29 is 4.79 Å². The predicted molar refractivity (Wildman–Crippen MR) is 81.3 cm³/mol. The molecule has 2 aliphatic rings. The van der Waals surface area contributed by atoms with Gasteiger partial charge in [0.25, 0.3) is 5.91 Å². The van der Waals surface area contributed by atoms with Gasteiger partial charge in [0.2, 0.25) is 0 Å². The van der Waals surface area contributed by atoms with Crippen LogP contribution < -0.4 is 0 Å². The van der Waals surface area contributed by atoms with Crippen LogP contribution in [0.25, 0.3) is 0 Å². The molecule has 0 bridgehead atoms. The average molecular weight is 296 g/mol. The van der Waals surface area contributed by atoms with E-state index in [4.69, 9.17) is 0 Å². The molecule has 1 aromatic heterocycles. The Hall–Kier alpha value is -0.520. The molecule has 0 unspecified atom stereocenters. The average Bonchev–Trinajstić information content (AvgIpc) is 3.09. The maximum atomic E-state index is 12.3. The highest BCUT2D eigenvalue weighted by Gasteiger charge is 2.28. The predicted octanol–water partition coefficient (Wildman–Crippen LogP) is 2.74. The zero-order valence-electron chi connectivity index (χ0n) is 11.0. The van der Waals surface area contributed by atoms with Gasteiger partial charge in [-0.3, -0.25) is 9.69 Å². The third-order valence-corrected chi connectivity index (χ3v) is 5.59. The van der Waals surface area contributed by atoms with Crippen molar-refractivity contribution >= 4 is 29.9 Å². The van der Waals surface area contributed by atoms with Crippen LogP contribution in [0.5, 0.6) is 0 Å². The first-order valence-corrected chi connectivity index (χ1v) is 8.37. The molecule has 0 spiro atoms. The van der Waals surface area contributed by atoms with E-state index in [1.807, 2.05) is 16.3 Å². The smallest absolute Gasteiger partial charge is 0.264 e. The second kappa shape index (κ2) is 5.85. The molecule has 1 aromatic rings. The molecule has 3 nitrogen and oxygen atoms in total. The summed E-state index contributed by atoms with van der Waals surface area (Å²) in [5.74, 6) is 0.177. The second-order valence-corrected chi connectivity index (χ2v) is 6.86. The molecule has 1 saturated heterocycles. The van der Waals surface area contributed by atoms with Crippen LogP contribution in [0, 0.1) is 0 Å². The van der Waals surface area contributed by atoms with E-state index in [2.05, 4.69) is 17.5 Å². The van der Waals surface area contributed by atoms with Crippen LogP contribution in [0.2, 0.25) is 0 Å². The molecule has 104 valence electrons. The highest BCUT2D eigenvalue weighted by Crippen LogP contribution is 2.25. The number of carbonyl (C=O) groups excluding carboxylic acids is 1. The minimum absolute atomic E-state index is 0.177. The van der Waals surface area contributed by atoms with E-state index >= 15 is 0 Å². The molecule has 19 heavy (non-hydrogen) atoms. The van der Waals surface area contributed by atoms with Gasteiger partial charge in [-0.2, -0.15) is 0 Å². The number of hydrogen-bond acceptors (Lipinski definition) is 4. The van der Waals surface area contributed by atoms with Gasteiger partial charge in [0.1, 0.15) is 0 Å². The Morgan fingerprint density at radius 3 is 2.47 bits per heavy atom. The Morgan fingerprint density at radius 1 is 1.21 bits per heavy atom. The molecule has 1 saturated carbocycles. The van der Waals surface area contributed by atoms with E-state index in [0.717, 1.165) is 42.0 Å². The van der Waals surface area contributed by atoms with Gasteiger partial charge < -0.3 is 4.90 Å². The van der Waals surface area contributed by atoms with E-state index in [1.54, 1.807) is 0 Å². The lowest BCUT2D eigenvalue weighted by atomic mass is 10.2. The Kier molecular flexibility index (Phi) is 4.15. The number of hydrogen-bond donors (Lipinski definition) is 1. The van der Waals surface area contributed by atoms with E-state index in [1.165, 1.54) is 37.0 Å². The molecule has 2 fully saturated rings. The largest absolute Gasteiger partial charge is 0.335 e. The SMILES string of the molecule is O=C(c1cc(S)cs1)N1CCN(C2CCCC2)CC1. The van der Waals surface area contributed by atoms with Gasteiger partial charge >= 0.3 is 0 Å². The lowest BCUT2D eigenvalue weighted by Gasteiger charge is -2.37. The van der Waals surface area contributed by atoms with Gasteiger partial charge in [-0.15, -0.1) is 24.0 Å². The van der Waals surface area contributed by atoms with Crippen molar-refractivity contribution in [1.29, 1.82) is 0 Å². The Morgan fingerprint density at radius 2 is 1.89 bits per heavy atom. The van der Waals surface area contributed by atoms with Gasteiger partial charge in [-0.25, -0.2) is 0 Å². The first kappa shape index (κ1) is 13.5. The van der Waals surface area contributed by atoms with Crippen LogP contribution in [-0.4, -0.2) is 47.9 Å². The highest BCUT2D eigenvalue weighted by molar-refractivity contribution is 7.80. The topological polar surface area (TPSA) is 23.6 Å². The third kappa shape index (κ3) is 2.98. The fourth-order valence-electron chi connectivity index (χ4n) is 3.15. The van der Waals surface area contributed by atoms with Gasteiger partial charge in [0, 0.05) is 42.5 Å². The van der Waals surface area contributed by atoms with Crippen molar-refractivity contribution in [2.24, 2.45) is 0 Å². The first-order valence-electron chi connectivity index (χ1n) is 7.05. The molecule has 5 heteroatoms. The maximum absolute atomic E-state index is 12.3. The summed E-state index contributed by atoms with van der Waals surface area (Å²) in [6.45, 7) is 3.81. The normalized spacial score (nSPS) is 22.1. The summed E-state index contributed by atoms with van der Waals surface area (Å²) in [4.78, 5) is 18.6. The number of amides is 1. The quantitative estimate of drug-likeness (QED) is 0.848. The monoisotopic (exact) mass is 296 g/mol. The number of nitrogens with zero attached hydrogens (tertiary/aromatic N) is 2. The molecule has 1 amide bonds. The molecule has 3 rings (SSSR count). The molecule has 0 aromatic carbocycles. The molecule has 0 N–H and O–H groups in total. The van der Waals surface area contributed by atoms with Crippen LogP contribution in [-0.2, 0) is 0 Å².